The molecule has 98 valence electrons. The highest BCUT2D eigenvalue weighted by atomic mass is 19.4. The highest BCUT2D eigenvalue weighted by molar-refractivity contribution is 5.70. The van der Waals surface area contributed by atoms with Crippen molar-refractivity contribution in [2.75, 3.05) is 19.7 Å². The Kier molecular flexibility index (Phi) is 6.08. The number of nitrogens with zero attached hydrogens (tertiary/aromatic N) is 1. The summed E-state index contributed by atoms with van der Waals surface area (Å²) >= 11 is 0. The Morgan fingerprint density at radius 1 is 1.41 bits per heavy atom. The van der Waals surface area contributed by atoms with Crippen LogP contribution in [0.25, 0.3) is 0 Å². The van der Waals surface area contributed by atoms with Crippen molar-refractivity contribution in [1.29, 1.82) is 0 Å². The van der Waals surface area contributed by atoms with E-state index in [2.05, 4.69) is 11.3 Å². The van der Waals surface area contributed by atoms with Crippen molar-refractivity contribution in [2.45, 2.75) is 12.6 Å². The van der Waals surface area contributed by atoms with Crippen LogP contribution in [0.1, 0.15) is 6.42 Å². The zero-order valence-electron chi connectivity index (χ0n) is 8.87. The van der Waals surface area contributed by atoms with Crippen LogP contribution in [0.15, 0.2) is 12.7 Å². The summed E-state index contributed by atoms with van der Waals surface area (Å²) in [7, 11) is 0. The minimum absolute atomic E-state index is 0.236. The zero-order valence-corrected chi connectivity index (χ0v) is 8.87. The average Bonchev–Trinajstić information content (AvgIpc) is 2.18. The quantitative estimate of drug-likeness (QED) is 0.733. The van der Waals surface area contributed by atoms with Crippen LogP contribution in [0, 0.1) is 0 Å². The zero-order chi connectivity index (χ0) is 13.5. The Labute approximate surface area is 95.5 Å². The molecule has 0 aliphatic heterocycles. The van der Waals surface area contributed by atoms with Gasteiger partial charge in [-0.2, -0.15) is 13.2 Å². The number of carboxylic acid groups (broad SMARTS) is 1. The molecule has 0 radical (unpaired) electrons. The first-order valence-electron chi connectivity index (χ1n) is 4.57. The second-order valence-corrected chi connectivity index (χ2v) is 3.05. The van der Waals surface area contributed by atoms with Crippen molar-refractivity contribution in [1.82, 2.24) is 4.90 Å². The molecule has 8 heteroatoms. The number of ether oxygens (including phenoxy) is 1. The molecule has 0 rings (SSSR count). The molecule has 0 heterocycles. The molecule has 0 aromatic carbocycles. The van der Waals surface area contributed by atoms with Gasteiger partial charge in [0.15, 0.2) is 0 Å². The van der Waals surface area contributed by atoms with E-state index in [0.29, 0.717) is 0 Å². The van der Waals surface area contributed by atoms with E-state index in [1.807, 2.05) is 0 Å². The number of hydrogen-bond acceptors (Lipinski definition) is 3. The number of amides is 1. The van der Waals surface area contributed by atoms with Crippen molar-refractivity contribution in [2.24, 2.45) is 0 Å². The van der Waals surface area contributed by atoms with E-state index in [-0.39, 0.29) is 11.5 Å². The van der Waals surface area contributed by atoms with Crippen molar-refractivity contribution < 1.29 is 32.6 Å². The molecule has 0 unspecified atom stereocenters. The fraction of sp³-hybridized carbons (Fsp3) is 0.556. The lowest BCUT2D eigenvalue weighted by Gasteiger charge is -2.22. The summed E-state index contributed by atoms with van der Waals surface area (Å²) in [6, 6.07) is 0. The van der Waals surface area contributed by atoms with Crippen LogP contribution in [-0.2, 0) is 9.53 Å². The number of rotatable bonds is 6. The topological polar surface area (TPSA) is 66.8 Å². The molecular formula is C9H12F3NO4. The van der Waals surface area contributed by atoms with Crippen molar-refractivity contribution in [3.05, 3.63) is 12.7 Å². The lowest BCUT2D eigenvalue weighted by atomic mass is 10.4. The van der Waals surface area contributed by atoms with Gasteiger partial charge in [0.2, 0.25) is 0 Å². The molecule has 0 bridgehead atoms. The molecule has 0 spiro atoms. The molecule has 0 aromatic rings. The van der Waals surface area contributed by atoms with Gasteiger partial charge in [-0.3, -0.25) is 9.69 Å². The fourth-order valence-electron chi connectivity index (χ4n) is 0.903. The van der Waals surface area contributed by atoms with Gasteiger partial charge >= 0.3 is 18.2 Å². The van der Waals surface area contributed by atoms with Crippen molar-refractivity contribution in [3.63, 3.8) is 0 Å². The molecule has 0 fully saturated rings. The lowest BCUT2D eigenvalue weighted by Crippen LogP contribution is -2.40. The molecule has 0 aliphatic rings. The number of aliphatic carboxylic acids is 1. The van der Waals surface area contributed by atoms with Gasteiger partial charge in [-0.1, -0.05) is 12.7 Å². The molecule has 0 saturated heterocycles. The number of carbonyl (C=O) groups is 2. The van der Waals surface area contributed by atoms with Crippen LogP contribution in [-0.4, -0.2) is 47.9 Å². The highest BCUT2D eigenvalue weighted by Crippen LogP contribution is 2.17. The molecule has 1 N–H and O–H groups in total. The Morgan fingerprint density at radius 3 is 2.41 bits per heavy atom. The Bertz CT molecular complexity index is 290. The summed E-state index contributed by atoms with van der Waals surface area (Å²) in [6.07, 6.45) is -5.21. The van der Waals surface area contributed by atoms with Gasteiger partial charge in [-0.15, -0.1) is 0 Å². The molecular weight excluding hydrogens is 243 g/mol. The summed E-state index contributed by atoms with van der Waals surface area (Å²) in [6.45, 7) is 0.883. The first kappa shape index (κ1) is 15.3. The maximum atomic E-state index is 12.1. The second kappa shape index (κ2) is 6.77. The number of carboxylic acids is 1. The van der Waals surface area contributed by atoms with E-state index >= 15 is 0 Å². The number of halogens is 3. The van der Waals surface area contributed by atoms with E-state index in [1.54, 1.807) is 0 Å². The van der Waals surface area contributed by atoms with Gasteiger partial charge in [0.25, 0.3) is 0 Å². The second-order valence-electron chi connectivity index (χ2n) is 3.05. The largest absolute Gasteiger partial charge is 0.481 e. The third-order valence-corrected chi connectivity index (χ3v) is 1.55. The average molecular weight is 255 g/mol. The SMILES string of the molecule is C=CCOC(=O)N(CCC(=O)O)CC(F)(F)F. The molecule has 17 heavy (non-hydrogen) atoms. The molecule has 0 aliphatic carbocycles. The Morgan fingerprint density at radius 2 is 2.00 bits per heavy atom. The Balaban J connectivity index is 4.43. The summed E-state index contributed by atoms with van der Waals surface area (Å²) in [5.41, 5.74) is 0. The van der Waals surface area contributed by atoms with E-state index < -0.39 is 37.7 Å². The fourth-order valence-corrected chi connectivity index (χ4v) is 0.903. The third kappa shape index (κ3) is 8.12. The minimum Gasteiger partial charge on any atom is -0.481 e. The summed E-state index contributed by atoms with van der Waals surface area (Å²) in [5.74, 6) is -1.30. The Hall–Kier alpha value is -1.73. The molecule has 0 atom stereocenters. The molecule has 0 saturated carbocycles. The predicted octanol–water partition coefficient (Wildman–Crippen LogP) is 1.65. The molecule has 0 aromatic heterocycles. The van der Waals surface area contributed by atoms with E-state index in [9.17, 15) is 22.8 Å². The van der Waals surface area contributed by atoms with Crippen molar-refractivity contribution >= 4 is 12.1 Å². The van der Waals surface area contributed by atoms with Crippen LogP contribution >= 0.6 is 0 Å². The van der Waals surface area contributed by atoms with E-state index in [1.165, 1.54) is 6.08 Å². The van der Waals surface area contributed by atoms with Crippen LogP contribution < -0.4 is 0 Å². The maximum Gasteiger partial charge on any atom is 0.410 e. The highest BCUT2D eigenvalue weighted by Gasteiger charge is 2.33. The third-order valence-electron chi connectivity index (χ3n) is 1.55. The summed E-state index contributed by atoms with van der Waals surface area (Å²) in [5, 5.41) is 8.34. The first-order chi connectivity index (χ1) is 7.76. The first-order valence-corrected chi connectivity index (χ1v) is 4.57. The van der Waals surface area contributed by atoms with E-state index in [0.717, 1.165) is 0 Å². The van der Waals surface area contributed by atoms with Crippen LogP contribution in [0.3, 0.4) is 0 Å². The monoisotopic (exact) mass is 255 g/mol. The number of carbonyl (C=O) groups excluding carboxylic acids is 1. The van der Waals surface area contributed by atoms with Crippen molar-refractivity contribution in [3.8, 4) is 0 Å². The maximum absolute atomic E-state index is 12.1. The molecule has 5 nitrogen and oxygen atoms in total. The standard InChI is InChI=1S/C9H12F3NO4/c1-2-5-17-8(16)13(4-3-7(14)15)6-9(10,11)12/h2H,1,3-6H2,(H,14,15). The van der Waals surface area contributed by atoms with Crippen LogP contribution in [0.5, 0.6) is 0 Å². The lowest BCUT2D eigenvalue weighted by molar-refractivity contribution is -0.146. The van der Waals surface area contributed by atoms with Gasteiger partial charge in [0.05, 0.1) is 6.42 Å². The van der Waals surface area contributed by atoms with Crippen LogP contribution in [0.2, 0.25) is 0 Å². The predicted molar refractivity (Wildman–Crippen MR) is 51.4 cm³/mol. The summed E-state index contributed by atoms with van der Waals surface area (Å²) < 4.78 is 40.7. The van der Waals surface area contributed by atoms with Gasteiger partial charge in [0.1, 0.15) is 13.2 Å². The van der Waals surface area contributed by atoms with Gasteiger partial charge in [-0.05, 0) is 0 Å². The number of hydrogen-bond donors (Lipinski definition) is 1. The van der Waals surface area contributed by atoms with E-state index in [4.69, 9.17) is 5.11 Å². The van der Waals surface area contributed by atoms with Gasteiger partial charge < -0.3 is 9.84 Å². The van der Waals surface area contributed by atoms with Gasteiger partial charge in [0, 0.05) is 6.54 Å². The van der Waals surface area contributed by atoms with Gasteiger partial charge in [-0.25, -0.2) is 4.79 Å². The normalized spacial score (nSPS) is 10.8. The summed E-state index contributed by atoms with van der Waals surface area (Å²) in [4.78, 5) is 21.7. The minimum atomic E-state index is -4.61. The smallest absolute Gasteiger partial charge is 0.410 e. The molecule has 1 amide bonds. The van der Waals surface area contributed by atoms with Crippen LogP contribution in [0.4, 0.5) is 18.0 Å². The number of alkyl halides is 3.